The maximum atomic E-state index is 6.21. The zero-order chi connectivity index (χ0) is 20.1. The van der Waals surface area contributed by atoms with E-state index in [1.54, 1.807) is 0 Å². The Morgan fingerprint density at radius 1 is 1.10 bits per heavy atom. The number of fused-ring (bicyclic) bond motifs is 1. The monoisotopic (exact) mass is 384 g/mol. The number of nitrogens with one attached hydrogen (secondary N) is 1. The van der Waals surface area contributed by atoms with Gasteiger partial charge >= 0.3 is 0 Å². The Morgan fingerprint density at radius 2 is 1.90 bits per heavy atom. The van der Waals surface area contributed by atoms with Crippen LogP contribution in [0, 0.1) is 0 Å². The Morgan fingerprint density at radius 3 is 2.72 bits per heavy atom. The van der Waals surface area contributed by atoms with Gasteiger partial charge in [0, 0.05) is 23.3 Å². The molecule has 0 bridgehead atoms. The quantitative estimate of drug-likeness (QED) is 0.754. The summed E-state index contributed by atoms with van der Waals surface area (Å²) in [6.07, 6.45) is 8.52. The number of para-hydroxylation sites is 1. The van der Waals surface area contributed by atoms with Crippen LogP contribution in [0.4, 0.5) is 11.4 Å². The SMILES string of the molecule is CC(C)=C[C@H]1NCC[C@@]2(C3(CCN)C=Nc4ccccc43)C=Nc3cccc1c32. The number of hydrogen-bond acceptors (Lipinski definition) is 4. The molecule has 0 saturated heterocycles. The molecule has 148 valence electrons. The molecule has 3 atom stereocenters. The zero-order valence-corrected chi connectivity index (χ0v) is 17.2. The number of benzene rings is 2. The minimum atomic E-state index is -0.273. The minimum absolute atomic E-state index is 0.196. The van der Waals surface area contributed by atoms with E-state index < -0.39 is 0 Å². The van der Waals surface area contributed by atoms with Gasteiger partial charge in [-0.2, -0.15) is 0 Å². The molecule has 3 heterocycles. The fourth-order valence-electron chi connectivity index (χ4n) is 5.64. The summed E-state index contributed by atoms with van der Waals surface area (Å²) in [4.78, 5) is 9.81. The molecule has 3 N–H and O–H groups in total. The van der Waals surface area contributed by atoms with E-state index in [9.17, 15) is 0 Å². The molecule has 0 amide bonds. The third-order valence-corrected chi connectivity index (χ3v) is 6.81. The van der Waals surface area contributed by atoms with Gasteiger partial charge in [-0.1, -0.05) is 42.0 Å². The van der Waals surface area contributed by atoms with E-state index in [0.717, 1.165) is 30.8 Å². The Labute approximate surface area is 172 Å². The number of rotatable bonds is 4. The predicted molar refractivity (Wildman–Crippen MR) is 121 cm³/mol. The van der Waals surface area contributed by atoms with Crippen LogP contribution in [0.1, 0.15) is 49.4 Å². The summed E-state index contributed by atoms with van der Waals surface area (Å²) in [5.41, 5.74) is 13.1. The van der Waals surface area contributed by atoms with Gasteiger partial charge in [-0.3, -0.25) is 9.98 Å². The van der Waals surface area contributed by atoms with Gasteiger partial charge in [0.25, 0.3) is 0 Å². The van der Waals surface area contributed by atoms with Crippen LogP contribution in [0.25, 0.3) is 0 Å². The second-order valence-corrected chi connectivity index (χ2v) is 8.68. The van der Waals surface area contributed by atoms with E-state index in [2.05, 4.69) is 80.1 Å². The highest BCUT2D eigenvalue weighted by Gasteiger charge is 2.57. The van der Waals surface area contributed by atoms with Gasteiger partial charge < -0.3 is 11.1 Å². The summed E-state index contributed by atoms with van der Waals surface area (Å²) in [5.74, 6) is 0. The van der Waals surface area contributed by atoms with Gasteiger partial charge in [-0.25, -0.2) is 0 Å². The fourth-order valence-corrected chi connectivity index (χ4v) is 5.64. The van der Waals surface area contributed by atoms with Gasteiger partial charge in [0.15, 0.2) is 0 Å². The van der Waals surface area contributed by atoms with E-state index >= 15 is 0 Å². The lowest BCUT2D eigenvalue weighted by molar-refractivity contribution is 0.362. The van der Waals surface area contributed by atoms with Crippen LogP contribution in [-0.2, 0) is 10.8 Å². The Bertz CT molecular complexity index is 1050. The molecule has 2 aromatic carbocycles. The van der Waals surface area contributed by atoms with Crippen LogP contribution in [-0.4, -0.2) is 25.5 Å². The maximum Gasteiger partial charge on any atom is 0.0671 e. The molecule has 1 unspecified atom stereocenters. The maximum absolute atomic E-state index is 6.21. The van der Waals surface area contributed by atoms with Gasteiger partial charge in [0.05, 0.1) is 17.4 Å². The molecule has 5 rings (SSSR count). The normalized spacial score (nSPS) is 28.7. The highest BCUT2D eigenvalue weighted by molar-refractivity contribution is 5.99. The second kappa shape index (κ2) is 6.75. The molecule has 0 aromatic heterocycles. The van der Waals surface area contributed by atoms with Gasteiger partial charge in [-0.15, -0.1) is 0 Å². The van der Waals surface area contributed by atoms with E-state index in [4.69, 9.17) is 15.7 Å². The lowest BCUT2D eigenvalue weighted by Gasteiger charge is -2.44. The molecule has 0 spiro atoms. The predicted octanol–water partition coefficient (Wildman–Crippen LogP) is 4.64. The first-order valence-electron chi connectivity index (χ1n) is 10.5. The van der Waals surface area contributed by atoms with Crippen molar-refractivity contribution in [2.75, 3.05) is 13.1 Å². The summed E-state index contributed by atoms with van der Waals surface area (Å²) in [6, 6.07) is 15.3. The van der Waals surface area contributed by atoms with Crippen LogP contribution in [0.3, 0.4) is 0 Å². The molecule has 3 aliphatic rings. The summed E-state index contributed by atoms with van der Waals surface area (Å²) in [7, 11) is 0. The largest absolute Gasteiger partial charge is 0.330 e. The lowest BCUT2D eigenvalue weighted by atomic mass is 9.55. The summed E-state index contributed by atoms with van der Waals surface area (Å²) in [6.45, 7) is 5.85. The summed E-state index contributed by atoms with van der Waals surface area (Å²) >= 11 is 0. The molecule has 2 aromatic rings. The molecule has 3 aliphatic heterocycles. The van der Waals surface area contributed by atoms with Crippen molar-refractivity contribution in [2.45, 2.75) is 43.6 Å². The number of nitrogens with two attached hydrogens (primary N) is 1. The van der Waals surface area contributed by atoms with Crippen molar-refractivity contribution < 1.29 is 0 Å². The van der Waals surface area contributed by atoms with Crippen molar-refractivity contribution in [3.63, 3.8) is 0 Å². The highest BCUT2D eigenvalue weighted by atomic mass is 14.9. The zero-order valence-electron chi connectivity index (χ0n) is 17.2. The van der Waals surface area contributed by atoms with Crippen LogP contribution in [0.2, 0.25) is 0 Å². The lowest BCUT2D eigenvalue weighted by Crippen LogP contribution is -2.51. The molecule has 0 saturated carbocycles. The van der Waals surface area contributed by atoms with E-state index in [-0.39, 0.29) is 16.9 Å². The molecular formula is C25H28N4. The Kier molecular flexibility index (Phi) is 4.30. The topological polar surface area (TPSA) is 62.8 Å². The molecule has 4 nitrogen and oxygen atoms in total. The van der Waals surface area contributed by atoms with Crippen LogP contribution in [0.5, 0.6) is 0 Å². The Hall–Kier alpha value is -2.56. The smallest absolute Gasteiger partial charge is 0.0671 e. The molecule has 0 fully saturated rings. The Balaban J connectivity index is 1.79. The number of nitrogens with zero attached hydrogens (tertiary/aromatic N) is 2. The fraction of sp³-hybridized carbons (Fsp3) is 0.360. The minimum Gasteiger partial charge on any atom is -0.330 e. The van der Waals surface area contributed by atoms with Crippen LogP contribution < -0.4 is 11.1 Å². The average Bonchev–Trinajstić information content (AvgIpc) is 3.23. The van der Waals surface area contributed by atoms with Crippen LogP contribution >= 0.6 is 0 Å². The van der Waals surface area contributed by atoms with Crippen molar-refractivity contribution in [1.82, 2.24) is 5.32 Å². The van der Waals surface area contributed by atoms with Gasteiger partial charge in [0.1, 0.15) is 0 Å². The van der Waals surface area contributed by atoms with Gasteiger partial charge in [0.2, 0.25) is 0 Å². The van der Waals surface area contributed by atoms with Crippen molar-refractivity contribution in [3.05, 3.63) is 70.8 Å². The first kappa shape index (κ1) is 18.5. The van der Waals surface area contributed by atoms with Crippen molar-refractivity contribution in [3.8, 4) is 0 Å². The molecular weight excluding hydrogens is 356 g/mol. The van der Waals surface area contributed by atoms with Crippen LogP contribution in [0.15, 0.2) is 64.1 Å². The van der Waals surface area contributed by atoms with Gasteiger partial charge in [-0.05, 0) is 68.6 Å². The molecule has 29 heavy (non-hydrogen) atoms. The average molecular weight is 385 g/mol. The van der Waals surface area contributed by atoms with E-state index in [1.807, 2.05) is 0 Å². The third-order valence-electron chi connectivity index (χ3n) is 6.81. The third kappa shape index (κ3) is 2.52. The van der Waals surface area contributed by atoms with Crippen molar-refractivity contribution in [1.29, 1.82) is 0 Å². The second-order valence-electron chi connectivity index (χ2n) is 8.68. The van der Waals surface area contributed by atoms with E-state index in [0.29, 0.717) is 6.54 Å². The highest BCUT2D eigenvalue weighted by Crippen LogP contribution is 2.58. The summed E-state index contributed by atoms with van der Waals surface area (Å²) in [5, 5.41) is 3.78. The molecule has 0 radical (unpaired) electrons. The standard InChI is InChI=1S/C25H28N4/c1-17(2)14-22-18-6-5-9-21-23(18)25(16-29-21,11-13-27-22)24(10-12-26)15-28-20-8-4-3-7-19(20)24/h3-9,14-16,22,27H,10-13,26H2,1-2H3/t22-,24?,25-/m1/s1. The number of allylic oxidation sites excluding steroid dienone is 1. The number of hydrogen-bond donors (Lipinski definition) is 2. The van der Waals surface area contributed by atoms with E-state index in [1.165, 1.54) is 22.3 Å². The van der Waals surface area contributed by atoms with Crippen molar-refractivity contribution >= 4 is 23.8 Å². The first-order valence-corrected chi connectivity index (χ1v) is 10.5. The van der Waals surface area contributed by atoms with Crippen molar-refractivity contribution in [2.24, 2.45) is 15.7 Å². The summed E-state index contributed by atoms with van der Waals surface area (Å²) < 4.78 is 0. The first-order chi connectivity index (χ1) is 14.1. The molecule has 0 aliphatic carbocycles. The molecule has 4 heteroatoms. The number of aliphatic imine (C=N–C) groups is 2.